The molecule has 1 aliphatic rings. The molecule has 0 saturated carbocycles. The third kappa shape index (κ3) is 5.14. The van der Waals surface area contributed by atoms with Gasteiger partial charge in [-0.3, -0.25) is 9.59 Å². The van der Waals surface area contributed by atoms with E-state index in [9.17, 15) is 14.4 Å². The molecule has 0 fully saturated rings. The molecule has 1 N–H and O–H groups in total. The second-order valence-corrected chi connectivity index (χ2v) is 7.32. The maximum absolute atomic E-state index is 12.8. The molecule has 0 bridgehead atoms. The van der Waals surface area contributed by atoms with Crippen LogP contribution in [0.1, 0.15) is 22.3 Å². The van der Waals surface area contributed by atoms with Gasteiger partial charge >= 0.3 is 5.97 Å². The largest absolute Gasteiger partial charge is 0.497 e. The van der Waals surface area contributed by atoms with Crippen LogP contribution in [0.5, 0.6) is 5.75 Å². The lowest BCUT2D eigenvalue weighted by Crippen LogP contribution is -2.38. The van der Waals surface area contributed by atoms with Gasteiger partial charge in [-0.15, -0.1) is 5.10 Å². The number of tetrazole rings is 1. The maximum Gasteiger partial charge on any atom is 0.340 e. The summed E-state index contributed by atoms with van der Waals surface area (Å²) < 4.78 is 11.8. The van der Waals surface area contributed by atoms with Crippen molar-refractivity contribution in [2.45, 2.75) is 19.4 Å². The highest BCUT2D eigenvalue weighted by Gasteiger charge is 2.24. The Kier molecular flexibility index (Phi) is 6.58. The first-order chi connectivity index (χ1) is 16.0. The molecule has 2 aromatic carbocycles. The van der Waals surface area contributed by atoms with Gasteiger partial charge in [0.25, 0.3) is 5.91 Å². The summed E-state index contributed by atoms with van der Waals surface area (Å²) >= 11 is 0. The number of carbonyl (C=O) groups excluding carboxylic acids is 3. The molecule has 11 heteroatoms. The van der Waals surface area contributed by atoms with E-state index < -0.39 is 18.5 Å². The molecule has 3 aromatic rings. The number of esters is 1. The minimum Gasteiger partial charge on any atom is -0.497 e. The Hall–Kier alpha value is -4.28. The van der Waals surface area contributed by atoms with Gasteiger partial charge in [0.1, 0.15) is 18.6 Å². The molecule has 0 aliphatic carbocycles. The highest BCUT2D eigenvalue weighted by Crippen LogP contribution is 2.30. The Labute approximate surface area is 189 Å². The van der Waals surface area contributed by atoms with E-state index in [1.165, 1.54) is 17.1 Å². The fraction of sp³-hybridized carbons (Fsp3) is 0.273. The fourth-order valence-corrected chi connectivity index (χ4v) is 3.60. The molecule has 11 nitrogen and oxygen atoms in total. The summed E-state index contributed by atoms with van der Waals surface area (Å²) in [4.78, 5) is 39.4. The molecule has 0 spiro atoms. The van der Waals surface area contributed by atoms with E-state index in [0.717, 1.165) is 29.8 Å². The van der Waals surface area contributed by atoms with Gasteiger partial charge in [-0.25, -0.2) is 9.48 Å². The van der Waals surface area contributed by atoms with Crippen LogP contribution in [0.2, 0.25) is 0 Å². The van der Waals surface area contributed by atoms with Crippen LogP contribution in [0.4, 0.5) is 11.4 Å². The normalized spacial score (nSPS) is 12.6. The van der Waals surface area contributed by atoms with Crippen LogP contribution in [-0.4, -0.2) is 58.3 Å². The van der Waals surface area contributed by atoms with Gasteiger partial charge < -0.3 is 19.7 Å². The topological polar surface area (TPSA) is 129 Å². The van der Waals surface area contributed by atoms with Gasteiger partial charge in [0.05, 0.1) is 18.4 Å². The number of fused-ring (bicyclic) bond motifs is 1. The minimum absolute atomic E-state index is 0.117. The summed E-state index contributed by atoms with van der Waals surface area (Å²) in [7, 11) is 1.60. The summed E-state index contributed by atoms with van der Waals surface area (Å²) in [6, 6.07) is 12.0. The lowest BCUT2D eigenvalue weighted by molar-refractivity contribution is -0.121. The molecule has 2 amide bonds. The lowest BCUT2D eigenvalue weighted by Gasteiger charge is -2.29. The fourth-order valence-electron chi connectivity index (χ4n) is 3.60. The summed E-state index contributed by atoms with van der Waals surface area (Å²) in [5.74, 6) is -0.726. The lowest BCUT2D eigenvalue weighted by atomic mass is 10.0. The van der Waals surface area contributed by atoms with Crippen molar-refractivity contribution in [1.82, 2.24) is 20.2 Å². The van der Waals surface area contributed by atoms with Crippen LogP contribution in [-0.2, 0) is 27.3 Å². The predicted molar refractivity (Wildman–Crippen MR) is 117 cm³/mol. The molecule has 0 radical (unpaired) electrons. The Bertz CT molecular complexity index is 1160. The van der Waals surface area contributed by atoms with Crippen LogP contribution >= 0.6 is 0 Å². The first-order valence-corrected chi connectivity index (χ1v) is 10.3. The number of rotatable bonds is 7. The van der Waals surface area contributed by atoms with Gasteiger partial charge in [-0.2, -0.15) is 0 Å². The Morgan fingerprint density at radius 2 is 2.00 bits per heavy atom. The summed E-state index contributed by atoms with van der Waals surface area (Å²) in [6.45, 7) is 0.00469. The van der Waals surface area contributed by atoms with E-state index in [1.807, 2.05) is 12.1 Å². The van der Waals surface area contributed by atoms with Crippen LogP contribution in [0.25, 0.3) is 0 Å². The zero-order valence-corrected chi connectivity index (χ0v) is 17.9. The SMILES string of the molecule is COc1ccc2c(c1)CCCN2C(=O)COC(=O)c1ccccc1NC(=O)Cn1cnnn1. The number of ether oxygens (including phenoxy) is 2. The first-order valence-electron chi connectivity index (χ1n) is 10.3. The number of methoxy groups -OCH3 is 1. The van der Waals surface area contributed by atoms with Gasteiger partial charge in [-0.05, 0) is 59.2 Å². The number of hydrogen-bond acceptors (Lipinski definition) is 8. The second-order valence-electron chi connectivity index (χ2n) is 7.32. The number of carbonyl (C=O) groups is 3. The molecule has 2 heterocycles. The average Bonchev–Trinajstić information content (AvgIpc) is 3.34. The minimum atomic E-state index is -0.714. The van der Waals surface area contributed by atoms with Crippen molar-refractivity contribution < 1.29 is 23.9 Å². The van der Waals surface area contributed by atoms with E-state index in [0.29, 0.717) is 6.54 Å². The van der Waals surface area contributed by atoms with Gasteiger partial charge in [0.2, 0.25) is 5.91 Å². The monoisotopic (exact) mass is 450 g/mol. The van der Waals surface area contributed by atoms with Gasteiger partial charge in [0, 0.05) is 12.2 Å². The smallest absolute Gasteiger partial charge is 0.340 e. The number of nitrogens with zero attached hydrogens (tertiary/aromatic N) is 5. The number of nitrogens with one attached hydrogen (secondary N) is 1. The number of hydrogen-bond donors (Lipinski definition) is 1. The number of aryl methyl sites for hydroxylation is 1. The Balaban J connectivity index is 1.39. The van der Waals surface area contributed by atoms with E-state index in [-0.39, 0.29) is 23.7 Å². The second kappa shape index (κ2) is 9.90. The number of amides is 2. The number of para-hydroxylation sites is 1. The van der Waals surface area contributed by atoms with Crippen molar-refractivity contribution in [3.8, 4) is 5.75 Å². The van der Waals surface area contributed by atoms with E-state index >= 15 is 0 Å². The van der Waals surface area contributed by atoms with Crippen molar-refractivity contribution in [3.63, 3.8) is 0 Å². The van der Waals surface area contributed by atoms with Gasteiger partial charge in [-0.1, -0.05) is 12.1 Å². The van der Waals surface area contributed by atoms with Crippen LogP contribution in [0.15, 0.2) is 48.8 Å². The molecule has 0 saturated heterocycles. The van der Waals surface area contributed by atoms with Crippen molar-refractivity contribution in [1.29, 1.82) is 0 Å². The number of benzene rings is 2. The molecular formula is C22H22N6O5. The highest BCUT2D eigenvalue weighted by molar-refractivity contribution is 6.03. The van der Waals surface area contributed by atoms with Crippen LogP contribution < -0.4 is 15.0 Å². The molecular weight excluding hydrogens is 428 g/mol. The zero-order chi connectivity index (χ0) is 23.2. The summed E-state index contributed by atoms with van der Waals surface area (Å²) in [5, 5.41) is 13.2. The Morgan fingerprint density at radius 1 is 1.15 bits per heavy atom. The molecule has 0 atom stereocenters. The predicted octanol–water partition coefficient (Wildman–Crippen LogP) is 1.46. The highest BCUT2D eigenvalue weighted by atomic mass is 16.5. The zero-order valence-electron chi connectivity index (χ0n) is 17.9. The first kappa shape index (κ1) is 21.9. The summed E-state index contributed by atoms with van der Waals surface area (Å²) in [5.41, 5.74) is 2.21. The molecule has 0 unspecified atom stereocenters. The third-order valence-electron chi connectivity index (χ3n) is 5.15. The van der Waals surface area contributed by atoms with Gasteiger partial charge in [0.15, 0.2) is 6.61 Å². The van der Waals surface area contributed by atoms with Crippen molar-refractivity contribution in [3.05, 3.63) is 59.9 Å². The summed E-state index contributed by atoms with van der Waals surface area (Å²) in [6.07, 6.45) is 2.95. The average molecular weight is 450 g/mol. The third-order valence-corrected chi connectivity index (χ3v) is 5.15. The molecule has 1 aromatic heterocycles. The molecule has 1 aliphatic heterocycles. The van der Waals surface area contributed by atoms with Crippen molar-refractivity contribution >= 4 is 29.2 Å². The van der Waals surface area contributed by atoms with Crippen LogP contribution in [0.3, 0.4) is 0 Å². The van der Waals surface area contributed by atoms with Crippen LogP contribution in [0, 0.1) is 0 Å². The number of anilines is 2. The Morgan fingerprint density at radius 3 is 2.79 bits per heavy atom. The standard InChI is InChI=1S/C22H22N6O5/c1-32-16-8-9-19-15(11-16)5-4-10-28(19)21(30)13-33-22(31)17-6-2-3-7-18(17)24-20(29)12-27-14-23-25-26-27/h2-3,6-9,11,14H,4-5,10,12-13H2,1H3,(H,24,29). The maximum atomic E-state index is 12.8. The van der Waals surface area contributed by atoms with E-state index in [1.54, 1.807) is 36.3 Å². The quantitative estimate of drug-likeness (QED) is 0.536. The van der Waals surface area contributed by atoms with E-state index in [4.69, 9.17) is 9.47 Å². The van der Waals surface area contributed by atoms with Crippen molar-refractivity contribution in [2.75, 3.05) is 30.5 Å². The number of aromatic nitrogens is 4. The van der Waals surface area contributed by atoms with Crippen molar-refractivity contribution in [2.24, 2.45) is 0 Å². The molecule has 33 heavy (non-hydrogen) atoms. The molecule has 170 valence electrons. The van der Waals surface area contributed by atoms with E-state index in [2.05, 4.69) is 20.8 Å². The molecule has 4 rings (SSSR count).